The van der Waals surface area contributed by atoms with Gasteiger partial charge in [0, 0.05) is 18.1 Å². The molecule has 0 aliphatic carbocycles. The van der Waals surface area contributed by atoms with Crippen LogP contribution in [0.25, 0.3) is 21.0 Å². The monoisotopic (exact) mass is 375 g/mol. The van der Waals surface area contributed by atoms with Crippen molar-refractivity contribution in [1.82, 2.24) is 4.98 Å². The molecule has 3 aromatic carbocycles. The lowest BCUT2D eigenvalue weighted by molar-refractivity contribution is -0.114. The Morgan fingerprint density at radius 3 is 2.59 bits per heavy atom. The van der Waals surface area contributed by atoms with Gasteiger partial charge in [-0.2, -0.15) is 0 Å². The molecule has 4 nitrogen and oxygen atoms in total. The molecular formula is C22H21N3OS. The van der Waals surface area contributed by atoms with Crippen molar-refractivity contribution in [3.05, 3.63) is 65.7 Å². The van der Waals surface area contributed by atoms with Crippen molar-refractivity contribution in [3.63, 3.8) is 0 Å². The minimum absolute atomic E-state index is 0.0541. The van der Waals surface area contributed by atoms with Gasteiger partial charge in [0.05, 0.1) is 16.8 Å². The van der Waals surface area contributed by atoms with Gasteiger partial charge in [0.2, 0.25) is 5.91 Å². The molecule has 1 N–H and O–H groups in total. The van der Waals surface area contributed by atoms with E-state index in [0.29, 0.717) is 0 Å². The second kappa shape index (κ2) is 7.00. The van der Waals surface area contributed by atoms with Crippen LogP contribution in [0.4, 0.5) is 10.8 Å². The van der Waals surface area contributed by atoms with E-state index in [1.54, 1.807) is 11.3 Å². The minimum atomic E-state index is -0.0541. The molecule has 0 spiro atoms. The lowest BCUT2D eigenvalue weighted by Gasteiger charge is -2.16. The fourth-order valence-electron chi connectivity index (χ4n) is 3.22. The number of fused-ring (bicyclic) bond motifs is 2. The van der Waals surface area contributed by atoms with Crippen LogP contribution in [0.5, 0.6) is 0 Å². The minimum Gasteiger partial charge on any atom is -0.342 e. The SMILES string of the molecule is Cc1ccc(C)c2sc(N(C)CC(=O)Nc3cccc4ccccc34)nc12. The third-order valence-electron chi connectivity index (χ3n) is 4.70. The Balaban J connectivity index is 1.54. The Morgan fingerprint density at radius 1 is 1.04 bits per heavy atom. The average Bonchev–Trinajstić information content (AvgIpc) is 3.12. The Morgan fingerprint density at radius 2 is 1.78 bits per heavy atom. The summed E-state index contributed by atoms with van der Waals surface area (Å²) in [6.45, 7) is 4.41. The lowest BCUT2D eigenvalue weighted by atomic mass is 10.1. The standard InChI is InChI=1S/C22H21N3OS/c1-14-11-12-15(2)21-20(14)24-22(27-21)25(3)13-19(26)23-18-10-6-8-16-7-4-5-9-17(16)18/h4-12H,13H2,1-3H3,(H,23,26). The number of aromatic nitrogens is 1. The van der Waals surface area contributed by atoms with E-state index < -0.39 is 0 Å². The third kappa shape index (κ3) is 3.38. The molecule has 0 radical (unpaired) electrons. The Bertz CT molecular complexity index is 1100. The topological polar surface area (TPSA) is 45.2 Å². The number of anilines is 2. The number of carbonyl (C=O) groups excluding carboxylic acids is 1. The van der Waals surface area contributed by atoms with Crippen LogP contribution >= 0.6 is 11.3 Å². The summed E-state index contributed by atoms with van der Waals surface area (Å²) in [7, 11) is 1.91. The maximum Gasteiger partial charge on any atom is 0.243 e. The molecule has 1 aromatic heterocycles. The number of benzene rings is 3. The predicted octanol–water partition coefficient (Wildman–Crippen LogP) is 5.14. The molecule has 0 saturated carbocycles. The molecule has 0 atom stereocenters. The summed E-state index contributed by atoms with van der Waals surface area (Å²) in [6, 6.07) is 18.2. The number of thiazole rings is 1. The summed E-state index contributed by atoms with van der Waals surface area (Å²) >= 11 is 1.63. The van der Waals surface area contributed by atoms with E-state index in [1.807, 2.05) is 54.4 Å². The van der Waals surface area contributed by atoms with Crippen molar-refractivity contribution < 1.29 is 4.79 Å². The maximum atomic E-state index is 12.6. The molecule has 0 saturated heterocycles. The Labute approximate surface area is 162 Å². The number of rotatable bonds is 4. The summed E-state index contributed by atoms with van der Waals surface area (Å²) in [5, 5.41) is 6.05. The molecule has 5 heteroatoms. The zero-order chi connectivity index (χ0) is 19.0. The van der Waals surface area contributed by atoms with Gasteiger partial charge in [-0.15, -0.1) is 0 Å². The lowest BCUT2D eigenvalue weighted by Crippen LogP contribution is -2.30. The normalized spacial score (nSPS) is 11.1. The van der Waals surface area contributed by atoms with Crippen molar-refractivity contribution >= 4 is 49.1 Å². The van der Waals surface area contributed by atoms with Gasteiger partial charge in [-0.25, -0.2) is 4.98 Å². The predicted molar refractivity (Wildman–Crippen MR) is 115 cm³/mol. The molecule has 0 unspecified atom stereocenters. The summed E-state index contributed by atoms with van der Waals surface area (Å²) in [5.74, 6) is -0.0541. The van der Waals surface area contributed by atoms with E-state index in [1.165, 1.54) is 10.3 Å². The van der Waals surface area contributed by atoms with Crippen molar-refractivity contribution in [2.75, 3.05) is 23.8 Å². The van der Waals surface area contributed by atoms with E-state index >= 15 is 0 Å². The van der Waals surface area contributed by atoms with E-state index in [2.05, 4.69) is 31.3 Å². The third-order valence-corrected chi connectivity index (χ3v) is 6.01. The van der Waals surface area contributed by atoms with Crippen LogP contribution in [0.2, 0.25) is 0 Å². The first-order valence-electron chi connectivity index (χ1n) is 8.88. The highest BCUT2D eigenvalue weighted by molar-refractivity contribution is 7.22. The van der Waals surface area contributed by atoms with Crippen LogP contribution in [0, 0.1) is 13.8 Å². The number of nitrogens with one attached hydrogen (secondary N) is 1. The second-order valence-corrected chi connectivity index (χ2v) is 7.78. The largest absolute Gasteiger partial charge is 0.342 e. The smallest absolute Gasteiger partial charge is 0.243 e. The molecule has 4 rings (SSSR count). The van der Waals surface area contributed by atoms with E-state index in [9.17, 15) is 4.79 Å². The summed E-state index contributed by atoms with van der Waals surface area (Å²) < 4.78 is 1.19. The molecule has 27 heavy (non-hydrogen) atoms. The first-order valence-corrected chi connectivity index (χ1v) is 9.70. The van der Waals surface area contributed by atoms with Crippen LogP contribution in [-0.2, 0) is 4.79 Å². The number of hydrogen-bond donors (Lipinski definition) is 1. The Hall–Kier alpha value is -2.92. The van der Waals surface area contributed by atoms with Gasteiger partial charge in [-0.3, -0.25) is 4.79 Å². The molecule has 1 amide bonds. The number of carbonyl (C=O) groups is 1. The molecular weight excluding hydrogens is 354 g/mol. The van der Waals surface area contributed by atoms with Gasteiger partial charge in [0.15, 0.2) is 5.13 Å². The van der Waals surface area contributed by atoms with Crippen LogP contribution in [0.3, 0.4) is 0 Å². The van der Waals surface area contributed by atoms with E-state index in [0.717, 1.165) is 32.7 Å². The van der Waals surface area contributed by atoms with Crippen LogP contribution in [0.1, 0.15) is 11.1 Å². The van der Waals surface area contributed by atoms with E-state index in [4.69, 9.17) is 4.98 Å². The van der Waals surface area contributed by atoms with Crippen LogP contribution in [0.15, 0.2) is 54.6 Å². The molecule has 4 aromatic rings. The fourth-order valence-corrected chi connectivity index (χ4v) is 4.29. The van der Waals surface area contributed by atoms with Crippen LogP contribution < -0.4 is 10.2 Å². The number of hydrogen-bond acceptors (Lipinski definition) is 4. The molecule has 136 valence electrons. The first kappa shape index (κ1) is 17.5. The number of aryl methyl sites for hydroxylation is 2. The zero-order valence-corrected chi connectivity index (χ0v) is 16.4. The second-order valence-electron chi connectivity index (χ2n) is 6.80. The number of likely N-dealkylation sites (N-methyl/N-ethyl adjacent to an activating group) is 1. The van der Waals surface area contributed by atoms with Crippen molar-refractivity contribution in [2.24, 2.45) is 0 Å². The number of nitrogens with zero attached hydrogens (tertiary/aromatic N) is 2. The van der Waals surface area contributed by atoms with Gasteiger partial charge < -0.3 is 10.2 Å². The summed E-state index contributed by atoms with van der Waals surface area (Å²) in [6.07, 6.45) is 0. The van der Waals surface area contributed by atoms with Gasteiger partial charge >= 0.3 is 0 Å². The highest BCUT2D eigenvalue weighted by atomic mass is 32.1. The zero-order valence-electron chi connectivity index (χ0n) is 15.6. The maximum absolute atomic E-state index is 12.6. The van der Waals surface area contributed by atoms with Gasteiger partial charge in [-0.05, 0) is 36.4 Å². The average molecular weight is 375 g/mol. The van der Waals surface area contributed by atoms with Gasteiger partial charge in [-0.1, -0.05) is 59.9 Å². The number of amides is 1. The molecule has 0 aliphatic heterocycles. The van der Waals surface area contributed by atoms with Gasteiger partial charge in [0.25, 0.3) is 0 Å². The molecule has 0 bridgehead atoms. The first-order chi connectivity index (χ1) is 13.0. The summed E-state index contributed by atoms with van der Waals surface area (Å²) in [5.41, 5.74) is 4.23. The quantitative estimate of drug-likeness (QED) is 0.537. The van der Waals surface area contributed by atoms with Gasteiger partial charge in [0.1, 0.15) is 0 Å². The molecule has 1 heterocycles. The van der Waals surface area contributed by atoms with E-state index in [-0.39, 0.29) is 12.5 Å². The Kier molecular flexibility index (Phi) is 4.54. The highest BCUT2D eigenvalue weighted by Crippen LogP contribution is 2.32. The molecule has 0 fully saturated rings. The van der Waals surface area contributed by atoms with Crippen molar-refractivity contribution in [2.45, 2.75) is 13.8 Å². The van der Waals surface area contributed by atoms with Crippen LogP contribution in [-0.4, -0.2) is 24.5 Å². The molecule has 0 aliphatic rings. The van der Waals surface area contributed by atoms with Crippen molar-refractivity contribution in [1.29, 1.82) is 0 Å². The fraction of sp³-hybridized carbons (Fsp3) is 0.182. The van der Waals surface area contributed by atoms with Crippen molar-refractivity contribution in [3.8, 4) is 0 Å². The highest BCUT2D eigenvalue weighted by Gasteiger charge is 2.15. The summed E-state index contributed by atoms with van der Waals surface area (Å²) in [4.78, 5) is 19.3.